The minimum absolute atomic E-state index is 0.287. The number of rotatable bonds is 4. The van der Waals surface area contributed by atoms with Gasteiger partial charge in [0.05, 0.1) is 5.41 Å². The predicted octanol–water partition coefficient (Wildman–Crippen LogP) is 8.73. The van der Waals surface area contributed by atoms with Crippen molar-refractivity contribution in [3.8, 4) is 22.3 Å². The quantitative estimate of drug-likeness (QED) is 0.223. The van der Waals surface area contributed by atoms with Crippen molar-refractivity contribution in [2.24, 2.45) is 0 Å². The van der Waals surface area contributed by atoms with Crippen LogP contribution in [0.15, 0.2) is 133 Å². The van der Waals surface area contributed by atoms with Gasteiger partial charge in [-0.05, 0) is 51.1 Å². The third-order valence-corrected chi connectivity index (χ3v) is 8.06. The lowest BCUT2D eigenvalue weighted by atomic mass is 9.69. The molecule has 0 fully saturated rings. The molecule has 0 radical (unpaired) electrons. The number of carbonyl (C=O) groups excluding carboxylic acids is 1. The molecule has 0 bridgehead atoms. The fourth-order valence-electron chi connectivity index (χ4n) is 5.54. The van der Waals surface area contributed by atoms with E-state index in [0.717, 1.165) is 38.9 Å². The topological polar surface area (TPSA) is 17.1 Å². The zero-order valence-corrected chi connectivity index (χ0v) is 20.9. The Hall–Kier alpha value is -3.65. The van der Waals surface area contributed by atoms with Crippen molar-refractivity contribution in [2.45, 2.75) is 9.75 Å². The van der Waals surface area contributed by atoms with Gasteiger partial charge in [0, 0.05) is 5.56 Å². The molecule has 0 saturated heterocycles. The molecule has 0 amide bonds. The van der Waals surface area contributed by atoms with E-state index >= 15 is 0 Å². The first-order chi connectivity index (χ1) is 17.5. The van der Waals surface area contributed by atoms with Crippen LogP contribution in [0.3, 0.4) is 0 Å². The SMILES string of the molecule is O=C1c2cc(-c3ccccc3)c(-c3ccccc3)cc2C(c2ccccc2)(c2ccccc2)C1(Cl)Cl. The fraction of sp³-hybridized carbons (Fsp3) is 0.0606. The van der Waals surface area contributed by atoms with Crippen LogP contribution in [0.4, 0.5) is 0 Å². The highest BCUT2D eigenvalue weighted by molar-refractivity contribution is 6.62. The van der Waals surface area contributed by atoms with Crippen LogP contribution in [0.2, 0.25) is 0 Å². The number of halogens is 2. The molecule has 36 heavy (non-hydrogen) atoms. The lowest BCUT2D eigenvalue weighted by Gasteiger charge is -2.39. The van der Waals surface area contributed by atoms with Crippen LogP contribution < -0.4 is 0 Å². The van der Waals surface area contributed by atoms with Crippen LogP contribution in [-0.2, 0) is 5.41 Å². The van der Waals surface area contributed by atoms with Gasteiger partial charge in [-0.3, -0.25) is 4.79 Å². The second kappa shape index (κ2) is 8.78. The molecule has 0 atom stereocenters. The summed E-state index contributed by atoms with van der Waals surface area (Å²) in [6.07, 6.45) is 0. The molecule has 0 saturated carbocycles. The summed E-state index contributed by atoms with van der Waals surface area (Å²) in [5.41, 5.74) is 6.11. The number of alkyl halides is 2. The van der Waals surface area contributed by atoms with Gasteiger partial charge >= 0.3 is 0 Å². The van der Waals surface area contributed by atoms with E-state index in [2.05, 4.69) is 30.3 Å². The number of Topliss-reactive ketones (excluding diaryl/α,β-unsaturated/α-hetero) is 1. The molecular formula is C33H22Cl2O. The second-order valence-electron chi connectivity index (χ2n) is 9.06. The molecule has 1 aliphatic rings. The maximum Gasteiger partial charge on any atom is 0.200 e. The lowest BCUT2D eigenvalue weighted by Crippen LogP contribution is -2.45. The van der Waals surface area contributed by atoms with Crippen molar-refractivity contribution in [1.82, 2.24) is 0 Å². The summed E-state index contributed by atoms with van der Waals surface area (Å²) in [7, 11) is 0. The van der Waals surface area contributed by atoms with E-state index in [1.54, 1.807) is 0 Å². The van der Waals surface area contributed by atoms with E-state index in [1.807, 2.05) is 103 Å². The third kappa shape index (κ3) is 3.27. The van der Waals surface area contributed by atoms with Gasteiger partial charge in [-0.15, -0.1) is 0 Å². The number of hydrogen-bond acceptors (Lipinski definition) is 1. The average molecular weight is 505 g/mol. The molecule has 3 heteroatoms. The third-order valence-electron chi connectivity index (χ3n) is 7.15. The first-order valence-electron chi connectivity index (χ1n) is 11.9. The van der Waals surface area contributed by atoms with Gasteiger partial charge in [0.15, 0.2) is 4.33 Å². The Morgan fingerprint density at radius 2 is 0.861 bits per heavy atom. The van der Waals surface area contributed by atoms with Crippen molar-refractivity contribution in [3.63, 3.8) is 0 Å². The largest absolute Gasteiger partial charge is 0.291 e. The highest BCUT2D eigenvalue weighted by Crippen LogP contribution is 2.60. The molecule has 1 aliphatic carbocycles. The van der Waals surface area contributed by atoms with Crippen molar-refractivity contribution in [1.29, 1.82) is 0 Å². The van der Waals surface area contributed by atoms with Gasteiger partial charge in [-0.1, -0.05) is 145 Å². The summed E-state index contributed by atoms with van der Waals surface area (Å²) in [6.45, 7) is 0. The molecule has 5 aromatic carbocycles. The number of carbonyl (C=O) groups is 1. The molecule has 0 heterocycles. The molecule has 0 spiro atoms. The van der Waals surface area contributed by atoms with E-state index in [4.69, 9.17) is 23.2 Å². The van der Waals surface area contributed by atoms with E-state index in [9.17, 15) is 4.79 Å². The minimum atomic E-state index is -1.73. The smallest absolute Gasteiger partial charge is 0.200 e. The Bertz CT molecular complexity index is 1500. The number of hydrogen-bond donors (Lipinski definition) is 0. The summed E-state index contributed by atoms with van der Waals surface area (Å²) in [5, 5.41) is 0. The van der Waals surface area contributed by atoms with E-state index in [-0.39, 0.29) is 5.78 Å². The fourth-order valence-corrected chi connectivity index (χ4v) is 6.38. The van der Waals surface area contributed by atoms with Crippen molar-refractivity contribution in [3.05, 3.63) is 156 Å². The molecule has 174 valence electrons. The normalized spacial score (nSPS) is 15.4. The molecule has 1 nitrogen and oxygen atoms in total. The van der Waals surface area contributed by atoms with E-state index < -0.39 is 9.75 Å². The lowest BCUT2D eigenvalue weighted by molar-refractivity contribution is 0.0972. The maximum atomic E-state index is 14.0. The van der Waals surface area contributed by atoms with Crippen molar-refractivity contribution < 1.29 is 4.79 Å². The number of ketones is 1. The van der Waals surface area contributed by atoms with Crippen molar-refractivity contribution >= 4 is 29.0 Å². The van der Waals surface area contributed by atoms with Crippen LogP contribution in [0.25, 0.3) is 22.3 Å². The highest BCUT2D eigenvalue weighted by Gasteiger charge is 2.64. The molecule has 0 aliphatic heterocycles. The Morgan fingerprint density at radius 1 is 0.472 bits per heavy atom. The molecule has 0 aromatic heterocycles. The van der Waals surface area contributed by atoms with Gasteiger partial charge in [-0.2, -0.15) is 0 Å². The van der Waals surface area contributed by atoms with Crippen LogP contribution in [0, 0.1) is 0 Å². The van der Waals surface area contributed by atoms with Crippen LogP contribution in [-0.4, -0.2) is 10.1 Å². The minimum Gasteiger partial charge on any atom is -0.291 e. The zero-order valence-electron chi connectivity index (χ0n) is 19.4. The molecular weight excluding hydrogens is 483 g/mol. The molecule has 0 unspecified atom stereocenters. The number of benzene rings is 5. The summed E-state index contributed by atoms with van der Waals surface area (Å²) >= 11 is 14.4. The Balaban J connectivity index is 1.76. The highest BCUT2D eigenvalue weighted by atomic mass is 35.5. The summed E-state index contributed by atoms with van der Waals surface area (Å²) in [4.78, 5) is 14.0. The first-order valence-corrected chi connectivity index (χ1v) is 12.6. The van der Waals surface area contributed by atoms with E-state index in [0.29, 0.717) is 5.56 Å². The van der Waals surface area contributed by atoms with Crippen LogP contribution in [0.1, 0.15) is 27.0 Å². The zero-order chi connectivity index (χ0) is 24.8. The van der Waals surface area contributed by atoms with Gasteiger partial charge < -0.3 is 0 Å². The van der Waals surface area contributed by atoms with E-state index in [1.165, 1.54) is 0 Å². The van der Waals surface area contributed by atoms with Gasteiger partial charge in [-0.25, -0.2) is 0 Å². The summed E-state index contributed by atoms with van der Waals surface area (Å²) < 4.78 is -1.73. The Kier molecular flexibility index (Phi) is 5.56. The predicted molar refractivity (Wildman–Crippen MR) is 149 cm³/mol. The summed E-state index contributed by atoms with van der Waals surface area (Å²) in [5.74, 6) is -0.287. The van der Waals surface area contributed by atoms with Crippen LogP contribution >= 0.6 is 23.2 Å². The van der Waals surface area contributed by atoms with Crippen molar-refractivity contribution in [2.75, 3.05) is 0 Å². The maximum absolute atomic E-state index is 14.0. The molecule has 5 aromatic rings. The van der Waals surface area contributed by atoms with Gasteiger partial charge in [0.2, 0.25) is 5.78 Å². The monoisotopic (exact) mass is 504 g/mol. The summed E-state index contributed by atoms with van der Waals surface area (Å²) in [6, 6.07) is 44.2. The first kappa shape index (κ1) is 22.8. The van der Waals surface area contributed by atoms with Gasteiger partial charge in [0.25, 0.3) is 0 Å². The molecule has 6 rings (SSSR count). The number of fused-ring (bicyclic) bond motifs is 1. The van der Waals surface area contributed by atoms with Crippen LogP contribution in [0.5, 0.6) is 0 Å². The second-order valence-corrected chi connectivity index (χ2v) is 10.4. The standard InChI is InChI=1S/C33H22Cl2O/c34-33(35)31(36)29-21-27(23-13-5-1-6-14-23)28(24-15-7-2-8-16-24)22-30(29)32(33,25-17-9-3-10-18-25)26-19-11-4-12-20-26/h1-22H. The Morgan fingerprint density at radius 3 is 1.31 bits per heavy atom. The average Bonchev–Trinajstić information content (AvgIpc) is 3.12. The Labute approximate surface area is 221 Å². The molecule has 0 N–H and O–H groups in total. The van der Waals surface area contributed by atoms with Gasteiger partial charge in [0.1, 0.15) is 0 Å².